The Morgan fingerprint density at radius 2 is 0.809 bits per heavy atom. The van der Waals surface area contributed by atoms with Gasteiger partial charge in [-0.25, -0.2) is 0 Å². The Kier molecular flexibility index (Phi) is 37.5. The number of unbranched alkanes of at least 4 members (excludes halogenated alkanes) is 30. The molecular formula is C43H84O4. The van der Waals surface area contributed by atoms with Crippen molar-refractivity contribution in [2.24, 2.45) is 5.92 Å². The molecule has 0 aliphatic rings. The van der Waals surface area contributed by atoms with E-state index in [2.05, 4.69) is 13.8 Å². The molecule has 0 aromatic heterocycles. The van der Waals surface area contributed by atoms with Crippen molar-refractivity contribution in [2.45, 2.75) is 244 Å². The van der Waals surface area contributed by atoms with Crippen LogP contribution in [-0.4, -0.2) is 39.9 Å². The molecule has 3 N–H and O–H groups in total. The van der Waals surface area contributed by atoms with Crippen LogP contribution in [0.2, 0.25) is 0 Å². The lowest BCUT2D eigenvalue weighted by Crippen LogP contribution is -2.30. The predicted molar refractivity (Wildman–Crippen MR) is 205 cm³/mol. The predicted octanol–water partition coefficient (Wildman–Crippen LogP) is 12.7. The minimum absolute atomic E-state index is 0.0286. The summed E-state index contributed by atoms with van der Waals surface area (Å²) in [6, 6.07) is 0. The molecule has 4 nitrogen and oxygen atoms in total. The Morgan fingerprint density at radius 1 is 0.489 bits per heavy atom. The maximum absolute atomic E-state index is 12.5. The summed E-state index contributed by atoms with van der Waals surface area (Å²) in [5.74, 6) is -0.791. The highest BCUT2D eigenvalue weighted by Gasteiger charge is 2.23. The third-order valence-corrected chi connectivity index (χ3v) is 10.2. The van der Waals surface area contributed by atoms with Crippen LogP contribution in [-0.2, 0) is 4.79 Å². The first-order chi connectivity index (χ1) is 23.1. The monoisotopic (exact) mass is 665 g/mol. The lowest BCUT2D eigenvalue weighted by atomic mass is 9.93. The molecule has 280 valence electrons. The molecule has 0 aliphatic carbocycles. The summed E-state index contributed by atoms with van der Waals surface area (Å²) in [5.41, 5.74) is 0. The van der Waals surface area contributed by atoms with E-state index >= 15 is 0 Å². The van der Waals surface area contributed by atoms with Gasteiger partial charge < -0.3 is 15.3 Å². The lowest BCUT2D eigenvalue weighted by molar-refractivity contribution is -0.129. The highest BCUT2D eigenvalue weighted by molar-refractivity contribution is 5.83. The number of ketones is 1. The van der Waals surface area contributed by atoms with E-state index in [4.69, 9.17) is 0 Å². The van der Waals surface area contributed by atoms with Crippen LogP contribution in [0.5, 0.6) is 0 Å². The van der Waals surface area contributed by atoms with Crippen LogP contribution in [0.4, 0.5) is 0 Å². The number of allylic oxidation sites excluding steroid dienone is 1. The number of carbonyl (C=O) groups excluding carboxylic acids is 1. The van der Waals surface area contributed by atoms with E-state index in [0.717, 1.165) is 25.7 Å². The smallest absolute Gasteiger partial charge is 0.161 e. The largest absolute Gasteiger partial charge is 0.396 e. The van der Waals surface area contributed by atoms with Gasteiger partial charge in [0.2, 0.25) is 0 Å². The molecule has 0 radical (unpaired) electrons. The van der Waals surface area contributed by atoms with E-state index in [1.54, 1.807) is 6.08 Å². The molecule has 0 aliphatic heterocycles. The highest BCUT2D eigenvalue weighted by Crippen LogP contribution is 2.18. The molecule has 0 heterocycles. The molecular weight excluding hydrogens is 580 g/mol. The first kappa shape index (κ1) is 46.3. The number of hydrogen-bond acceptors (Lipinski definition) is 4. The van der Waals surface area contributed by atoms with Gasteiger partial charge in [-0.05, 0) is 19.3 Å². The number of rotatable bonds is 39. The van der Waals surface area contributed by atoms with E-state index in [-0.39, 0.29) is 18.8 Å². The van der Waals surface area contributed by atoms with Crippen LogP contribution < -0.4 is 0 Å². The molecule has 0 aromatic rings. The fourth-order valence-electron chi connectivity index (χ4n) is 6.76. The van der Waals surface area contributed by atoms with Crippen LogP contribution in [0.3, 0.4) is 0 Å². The molecule has 0 saturated carbocycles. The molecule has 47 heavy (non-hydrogen) atoms. The highest BCUT2D eigenvalue weighted by atomic mass is 16.3. The topological polar surface area (TPSA) is 77.8 Å². The van der Waals surface area contributed by atoms with Crippen molar-refractivity contribution in [1.82, 2.24) is 0 Å². The van der Waals surface area contributed by atoms with Crippen molar-refractivity contribution >= 4 is 5.78 Å². The normalized spacial score (nSPS) is 13.8. The van der Waals surface area contributed by atoms with Crippen molar-refractivity contribution in [2.75, 3.05) is 6.61 Å². The SMILES string of the molecule is CCCCCCCCCCCCC/C=C/C(O)C(CO)CC(=O)C(O)CCCCCCCCCCCCCCCCCCCCCC. The first-order valence-corrected chi connectivity index (χ1v) is 21.2. The molecule has 0 bridgehead atoms. The van der Waals surface area contributed by atoms with E-state index in [9.17, 15) is 20.1 Å². The zero-order valence-corrected chi connectivity index (χ0v) is 31.9. The second-order valence-corrected chi connectivity index (χ2v) is 14.9. The number of aliphatic hydroxyl groups is 3. The Bertz CT molecular complexity index is 648. The van der Waals surface area contributed by atoms with Gasteiger partial charge in [0.25, 0.3) is 0 Å². The zero-order chi connectivity index (χ0) is 34.5. The van der Waals surface area contributed by atoms with Gasteiger partial charge in [0.1, 0.15) is 6.10 Å². The van der Waals surface area contributed by atoms with Crippen LogP contribution in [0.1, 0.15) is 232 Å². The van der Waals surface area contributed by atoms with Gasteiger partial charge >= 0.3 is 0 Å². The summed E-state index contributed by atoms with van der Waals surface area (Å²) in [4.78, 5) is 12.5. The van der Waals surface area contributed by atoms with E-state index < -0.39 is 18.1 Å². The second kappa shape index (κ2) is 38.1. The van der Waals surface area contributed by atoms with Gasteiger partial charge in [-0.15, -0.1) is 0 Å². The Labute approximate surface area is 294 Å². The van der Waals surface area contributed by atoms with E-state index in [0.29, 0.717) is 6.42 Å². The molecule has 0 rings (SSSR count). The fourth-order valence-corrected chi connectivity index (χ4v) is 6.76. The number of carbonyl (C=O) groups is 1. The number of hydrogen-bond donors (Lipinski definition) is 3. The average molecular weight is 665 g/mol. The van der Waals surface area contributed by atoms with Crippen molar-refractivity contribution in [3.63, 3.8) is 0 Å². The Hall–Kier alpha value is -0.710. The first-order valence-electron chi connectivity index (χ1n) is 21.2. The van der Waals surface area contributed by atoms with Crippen LogP contribution in [0.25, 0.3) is 0 Å². The summed E-state index contributed by atoms with van der Waals surface area (Å²) in [5, 5.41) is 30.6. The quantitative estimate of drug-likeness (QED) is 0.0451. The molecule has 3 atom stereocenters. The molecule has 0 aromatic carbocycles. The van der Waals surface area contributed by atoms with Gasteiger partial charge in [-0.1, -0.05) is 219 Å². The van der Waals surface area contributed by atoms with Gasteiger partial charge in [0, 0.05) is 18.9 Å². The molecule has 0 spiro atoms. The molecule has 3 unspecified atom stereocenters. The summed E-state index contributed by atoms with van der Waals surface area (Å²) < 4.78 is 0. The summed E-state index contributed by atoms with van der Waals surface area (Å²) in [6.45, 7) is 4.30. The van der Waals surface area contributed by atoms with Gasteiger partial charge in [-0.3, -0.25) is 4.79 Å². The number of aliphatic hydroxyl groups excluding tert-OH is 3. The maximum atomic E-state index is 12.5. The molecule has 0 fully saturated rings. The minimum Gasteiger partial charge on any atom is -0.396 e. The van der Waals surface area contributed by atoms with Crippen LogP contribution >= 0.6 is 0 Å². The van der Waals surface area contributed by atoms with E-state index in [1.165, 1.54) is 180 Å². The maximum Gasteiger partial charge on any atom is 0.161 e. The molecule has 0 saturated heterocycles. The van der Waals surface area contributed by atoms with Crippen molar-refractivity contribution < 1.29 is 20.1 Å². The lowest BCUT2D eigenvalue weighted by Gasteiger charge is -2.19. The Balaban J connectivity index is 3.63. The van der Waals surface area contributed by atoms with Crippen molar-refractivity contribution in [3.05, 3.63) is 12.2 Å². The molecule has 4 heteroatoms. The van der Waals surface area contributed by atoms with Crippen LogP contribution in [0, 0.1) is 5.92 Å². The minimum atomic E-state index is -0.980. The van der Waals surface area contributed by atoms with Gasteiger partial charge in [0.15, 0.2) is 5.78 Å². The third kappa shape index (κ3) is 33.6. The van der Waals surface area contributed by atoms with Gasteiger partial charge in [0.05, 0.1) is 6.10 Å². The zero-order valence-electron chi connectivity index (χ0n) is 31.9. The second-order valence-electron chi connectivity index (χ2n) is 14.9. The fraction of sp³-hybridized carbons (Fsp3) is 0.930. The van der Waals surface area contributed by atoms with E-state index in [1.807, 2.05) is 6.08 Å². The van der Waals surface area contributed by atoms with Crippen LogP contribution in [0.15, 0.2) is 12.2 Å². The van der Waals surface area contributed by atoms with Gasteiger partial charge in [-0.2, -0.15) is 0 Å². The standard InChI is InChI=1S/C43H84O4/c1-3-5-7-9-11-13-15-17-18-19-20-21-22-23-25-27-29-31-33-35-37-42(46)43(47)38-40(39-44)41(45)36-34-32-30-28-26-24-16-14-12-10-8-6-4-2/h34,36,40-42,44-46H,3-33,35,37-39H2,1-2H3/b36-34+. The number of Topliss-reactive ketones (excluding diaryl/α,β-unsaturated/α-hetero) is 1. The molecule has 0 amide bonds. The Morgan fingerprint density at radius 3 is 1.15 bits per heavy atom. The third-order valence-electron chi connectivity index (χ3n) is 10.2. The average Bonchev–Trinajstić information content (AvgIpc) is 3.07. The van der Waals surface area contributed by atoms with Crippen molar-refractivity contribution in [1.29, 1.82) is 0 Å². The summed E-state index contributed by atoms with van der Waals surface area (Å²) in [7, 11) is 0. The van der Waals surface area contributed by atoms with Crippen molar-refractivity contribution in [3.8, 4) is 0 Å². The summed E-state index contributed by atoms with van der Waals surface area (Å²) in [6.07, 6.45) is 44.5. The summed E-state index contributed by atoms with van der Waals surface area (Å²) >= 11 is 0.